The Morgan fingerprint density at radius 1 is 1.00 bits per heavy atom. The summed E-state index contributed by atoms with van der Waals surface area (Å²) >= 11 is 0. The van der Waals surface area contributed by atoms with E-state index in [4.69, 9.17) is 0 Å². The average Bonchev–Trinajstić information content (AvgIpc) is 2.16. The van der Waals surface area contributed by atoms with Crippen LogP contribution in [0.2, 0.25) is 0 Å². The van der Waals surface area contributed by atoms with Crippen LogP contribution in [0.1, 0.15) is 66.2 Å². The van der Waals surface area contributed by atoms with Crippen molar-refractivity contribution in [2.75, 3.05) is 6.54 Å². The van der Waals surface area contributed by atoms with Gasteiger partial charge in [-0.3, -0.25) is 4.99 Å². The van der Waals surface area contributed by atoms with Gasteiger partial charge in [-0.2, -0.15) is 0 Å². The van der Waals surface area contributed by atoms with Gasteiger partial charge >= 0.3 is 0 Å². The van der Waals surface area contributed by atoms with Gasteiger partial charge in [0.25, 0.3) is 0 Å². The Balaban J connectivity index is 3.24. The van der Waals surface area contributed by atoms with E-state index in [0.29, 0.717) is 5.92 Å². The molecular weight excluding hydrogens is 170 g/mol. The molecule has 84 valence electrons. The molecule has 0 aromatic carbocycles. The molecule has 0 fully saturated rings. The van der Waals surface area contributed by atoms with E-state index < -0.39 is 0 Å². The van der Waals surface area contributed by atoms with Crippen LogP contribution in [-0.4, -0.2) is 12.3 Å². The molecule has 0 bridgehead atoms. The predicted molar refractivity (Wildman–Crippen MR) is 66.2 cm³/mol. The number of hydrogen-bond acceptors (Lipinski definition) is 1. The summed E-state index contributed by atoms with van der Waals surface area (Å²) in [5, 5.41) is 0. The first-order valence-corrected chi connectivity index (χ1v) is 6.19. The van der Waals surface area contributed by atoms with Crippen LogP contribution in [0.4, 0.5) is 0 Å². The third-order valence-corrected chi connectivity index (χ3v) is 2.71. The minimum absolute atomic E-state index is 0.620. The number of aliphatic imine (C=N–C) groups is 1. The van der Waals surface area contributed by atoms with Crippen LogP contribution in [0.3, 0.4) is 0 Å². The highest BCUT2D eigenvalue weighted by Crippen LogP contribution is 2.05. The Morgan fingerprint density at radius 2 is 1.57 bits per heavy atom. The normalized spacial score (nSPS) is 12.5. The van der Waals surface area contributed by atoms with Crippen LogP contribution in [0, 0.1) is 5.92 Å². The van der Waals surface area contributed by atoms with Crippen LogP contribution in [0.15, 0.2) is 4.99 Å². The minimum Gasteiger partial charge on any atom is -0.294 e. The van der Waals surface area contributed by atoms with E-state index in [1.54, 1.807) is 0 Å². The van der Waals surface area contributed by atoms with Crippen LogP contribution in [0.25, 0.3) is 0 Å². The van der Waals surface area contributed by atoms with E-state index in [0.717, 1.165) is 6.54 Å². The summed E-state index contributed by atoms with van der Waals surface area (Å²) in [6.07, 6.45) is 8.16. The fourth-order valence-electron chi connectivity index (χ4n) is 1.33. The molecule has 1 heteroatoms. The lowest BCUT2D eigenvalue weighted by molar-refractivity contribution is 0.611. The zero-order valence-electron chi connectivity index (χ0n) is 10.5. The second kappa shape index (κ2) is 9.23. The maximum absolute atomic E-state index is 4.56. The van der Waals surface area contributed by atoms with Gasteiger partial charge in [0, 0.05) is 12.3 Å². The highest BCUT2D eigenvalue weighted by Gasteiger charge is 1.96. The van der Waals surface area contributed by atoms with Crippen LogP contribution in [0.5, 0.6) is 0 Å². The summed E-state index contributed by atoms with van der Waals surface area (Å²) < 4.78 is 0. The monoisotopic (exact) mass is 197 g/mol. The minimum atomic E-state index is 0.620. The fraction of sp³-hybridized carbons (Fsp3) is 0.923. The van der Waals surface area contributed by atoms with Crippen LogP contribution in [-0.2, 0) is 0 Å². The lowest BCUT2D eigenvalue weighted by Gasteiger charge is -2.03. The zero-order chi connectivity index (χ0) is 10.8. The van der Waals surface area contributed by atoms with Crippen molar-refractivity contribution in [2.24, 2.45) is 10.9 Å². The summed E-state index contributed by atoms with van der Waals surface area (Å²) in [4.78, 5) is 4.56. The van der Waals surface area contributed by atoms with Crippen molar-refractivity contribution in [2.45, 2.75) is 66.2 Å². The molecule has 0 saturated carbocycles. The van der Waals surface area contributed by atoms with Crippen molar-refractivity contribution in [3.63, 3.8) is 0 Å². The fourth-order valence-corrected chi connectivity index (χ4v) is 1.33. The van der Waals surface area contributed by atoms with Gasteiger partial charge in [-0.25, -0.2) is 0 Å². The van der Waals surface area contributed by atoms with E-state index >= 15 is 0 Å². The molecule has 0 aliphatic heterocycles. The summed E-state index contributed by atoms with van der Waals surface area (Å²) in [5.41, 5.74) is 1.30. The zero-order valence-corrected chi connectivity index (χ0v) is 10.5. The van der Waals surface area contributed by atoms with Gasteiger partial charge in [0.2, 0.25) is 0 Å². The van der Waals surface area contributed by atoms with Gasteiger partial charge in [0.05, 0.1) is 0 Å². The Labute approximate surface area is 90.0 Å². The molecule has 0 spiro atoms. The molecule has 0 aliphatic rings. The van der Waals surface area contributed by atoms with Crippen molar-refractivity contribution < 1.29 is 0 Å². The standard InChI is InChI=1S/C13H27N/c1-5-6-7-8-9-10-11-14-13(4)12(2)3/h12H,5-11H2,1-4H3. The Kier molecular flexibility index (Phi) is 9.02. The highest BCUT2D eigenvalue weighted by molar-refractivity contribution is 5.83. The second-order valence-electron chi connectivity index (χ2n) is 4.45. The molecule has 0 unspecified atom stereocenters. The second-order valence-corrected chi connectivity index (χ2v) is 4.45. The lowest BCUT2D eigenvalue weighted by atomic mass is 10.1. The van der Waals surface area contributed by atoms with E-state index in [9.17, 15) is 0 Å². The molecule has 0 radical (unpaired) electrons. The maximum Gasteiger partial charge on any atom is 0.0388 e. The topological polar surface area (TPSA) is 12.4 Å². The SMILES string of the molecule is CCCCCCCCN=C(C)C(C)C. The van der Waals surface area contributed by atoms with E-state index in [1.165, 1.54) is 44.2 Å². The first-order valence-electron chi connectivity index (χ1n) is 6.19. The average molecular weight is 197 g/mol. The quantitative estimate of drug-likeness (QED) is 0.402. The van der Waals surface area contributed by atoms with Gasteiger partial charge in [-0.05, 0) is 19.3 Å². The van der Waals surface area contributed by atoms with Crippen molar-refractivity contribution in [3.05, 3.63) is 0 Å². The lowest BCUT2D eigenvalue weighted by Crippen LogP contribution is -2.02. The summed E-state index contributed by atoms with van der Waals surface area (Å²) in [5.74, 6) is 0.620. The molecule has 0 rings (SSSR count). The number of rotatable bonds is 8. The molecule has 0 aromatic rings. The van der Waals surface area contributed by atoms with Crippen LogP contribution >= 0.6 is 0 Å². The maximum atomic E-state index is 4.56. The summed E-state index contributed by atoms with van der Waals surface area (Å²) in [7, 11) is 0. The van der Waals surface area contributed by atoms with E-state index in [2.05, 4.69) is 32.7 Å². The Bertz CT molecular complexity index is 147. The Hall–Kier alpha value is -0.330. The van der Waals surface area contributed by atoms with Gasteiger partial charge in [-0.1, -0.05) is 52.9 Å². The van der Waals surface area contributed by atoms with E-state index in [1.807, 2.05) is 0 Å². The van der Waals surface area contributed by atoms with Gasteiger partial charge in [-0.15, -0.1) is 0 Å². The number of unbranched alkanes of at least 4 members (excludes halogenated alkanes) is 5. The molecule has 14 heavy (non-hydrogen) atoms. The Morgan fingerprint density at radius 3 is 2.14 bits per heavy atom. The largest absolute Gasteiger partial charge is 0.294 e. The molecule has 0 heterocycles. The summed E-state index contributed by atoms with van der Waals surface area (Å²) in [6.45, 7) is 9.86. The molecule has 0 atom stereocenters. The van der Waals surface area contributed by atoms with Gasteiger partial charge in [0.15, 0.2) is 0 Å². The number of hydrogen-bond donors (Lipinski definition) is 0. The van der Waals surface area contributed by atoms with Gasteiger partial charge in [0.1, 0.15) is 0 Å². The highest BCUT2D eigenvalue weighted by atomic mass is 14.7. The molecule has 1 nitrogen and oxygen atoms in total. The third kappa shape index (κ3) is 8.28. The molecule has 0 saturated heterocycles. The third-order valence-electron chi connectivity index (χ3n) is 2.71. The molecule has 0 aliphatic carbocycles. The van der Waals surface area contributed by atoms with Crippen molar-refractivity contribution in [3.8, 4) is 0 Å². The van der Waals surface area contributed by atoms with Crippen LogP contribution < -0.4 is 0 Å². The van der Waals surface area contributed by atoms with Crippen molar-refractivity contribution in [1.82, 2.24) is 0 Å². The molecule has 0 N–H and O–H groups in total. The van der Waals surface area contributed by atoms with E-state index in [-0.39, 0.29) is 0 Å². The van der Waals surface area contributed by atoms with Gasteiger partial charge < -0.3 is 0 Å². The predicted octanol–water partition coefficient (Wildman–Crippen LogP) is 4.46. The first kappa shape index (κ1) is 13.7. The molecule has 0 aromatic heterocycles. The smallest absolute Gasteiger partial charge is 0.0388 e. The molecule has 0 amide bonds. The number of nitrogens with zero attached hydrogens (tertiary/aromatic N) is 1. The molecular formula is C13H27N. The first-order chi connectivity index (χ1) is 6.68. The van der Waals surface area contributed by atoms with Crippen molar-refractivity contribution in [1.29, 1.82) is 0 Å². The summed E-state index contributed by atoms with van der Waals surface area (Å²) in [6, 6.07) is 0. The van der Waals surface area contributed by atoms with Crippen molar-refractivity contribution >= 4 is 5.71 Å².